The van der Waals surface area contributed by atoms with Crippen molar-refractivity contribution >= 4 is 5.78 Å². The number of nitrogens with zero attached hydrogens (tertiary/aromatic N) is 2. The van der Waals surface area contributed by atoms with Gasteiger partial charge in [0.25, 0.3) is 5.56 Å². The Morgan fingerprint density at radius 3 is 2.54 bits per heavy atom. The molecule has 2 rings (SSSR count). The standard InChI is InChI=1S/C19H20N2O5/c1-4-9-21-18(23)13(10-20)12(2)17(19(21)24)14(22)11-26-16-8-6-5-7-15(16)25-3/h5-8,24H,4,9,11H2,1-3H3. The topological polar surface area (TPSA) is 102 Å². The number of methoxy groups -OCH3 is 1. The molecule has 7 heteroatoms. The number of aromatic hydroxyl groups is 1. The van der Waals surface area contributed by atoms with Crippen LogP contribution < -0.4 is 15.0 Å². The third-order valence-corrected chi connectivity index (χ3v) is 3.95. The van der Waals surface area contributed by atoms with E-state index in [1.165, 1.54) is 14.0 Å². The minimum atomic E-state index is -0.605. The number of ether oxygens (including phenoxy) is 2. The van der Waals surface area contributed by atoms with Crippen molar-refractivity contribution in [3.63, 3.8) is 0 Å². The normalized spacial score (nSPS) is 10.2. The number of para-hydroxylation sites is 2. The van der Waals surface area contributed by atoms with Crippen molar-refractivity contribution in [2.45, 2.75) is 26.8 Å². The molecule has 0 aliphatic carbocycles. The van der Waals surface area contributed by atoms with Gasteiger partial charge < -0.3 is 14.6 Å². The summed E-state index contributed by atoms with van der Waals surface area (Å²) in [4.78, 5) is 24.9. The van der Waals surface area contributed by atoms with E-state index in [4.69, 9.17) is 9.47 Å². The molecule has 0 fully saturated rings. The van der Waals surface area contributed by atoms with Crippen molar-refractivity contribution in [3.8, 4) is 23.4 Å². The van der Waals surface area contributed by atoms with E-state index in [0.717, 1.165) is 4.57 Å². The summed E-state index contributed by atoms with van der Waals surface area (Å²) >= 11 is 0. The number of hydrogen-bond acceptors (Lipinski definition) is 6. The summed E-state index contributed by atoms with van der Waals surface area (Å²) in [6, 6.07) is 8.67. The molecular weight excluding hydrogens is 336 g/mol. The first-order chi connectivity index (χ1) is 12.5. The van der Waals surface area contributed by atoms with Gasteiger partial charge in [0, 0.05) is 6.54 Å². The summed E-state index contributed by atoms with van der Waals surface area (Å²) < 4.78 is 11.7. The number of hydrogen-bond donors (Lipinski definition) is 1. The maximum Gasteiger partial charge on any atom is 0.271 e. The SMILES string of the molecule is CCCn1c(O)c(C(=O)COc2ccccc2OC)c(C)c(C#N)c1=O. The largest absolute Gasteiger partial charge is 0.494 e. The summed E-state index contributed by atoms with van der Waals surface area (Å²) in [5, 5.41) is 19.7. The third kappa shape index (κ3) is 3.54. The van der Waals surface area contributed by atoms with Crippen LogP contribution in [0, 0.1) is 18.3 Å². The molecule has 7 nitrogen and oxygen atoms in total. The molecule has 0 saturated carbocycles. The lowest BCUT2D eigenvalue weighted by Crippen LogP contribution is -2.27. The van der Waals surface area contributed by atoms with Crippen molar-refractivity contribution in [2.75, 3.05) is 13.7 Å². The number of carbonyl (C=O) groups is 1. The maximum atomic E-state index is 12.6. The molecule has 1 heterocycles. The third-order valence-electron chi connectivity index (χ3n) is 3.95. The molecule has 0 amide bonds. The number of pyridine rings is 1. The number of nitriles is 1. The lowest BCUT2D eigenvalue weighted by Gasteiger charge is -2.15. The lowest BCUT2D eigenvalue weighted by molar-refractivity contribution is 0.0914. The molecule has 26 heavy (non-hydrogen) atoms. The highest BCUT2D eigenvalue weighted by Gasteiger charge is 2.24. The Bertz CT molecular complexity index is 925. The molecule has 0 radical (unpaired) electrons. The molecule has 136 valence electrons. The summed E-state index contributed by atoms with van der Waals surface area (Å²) in [6.45, 7) is 3.12. The number of benzene rings is 1. The van der Waals surface area contributed by atoms with Gasteiger partial charge in [0.15, 0.2) is 18.1 Å². The van der Waals surface area contributed by atoms with E-state index >= 15 is 0 Å². The number of rotatable bonds is 7. The molecule has 0 bridgehead atoms. The van der Waals surface area contributed by atoms with E-state index in [1.54, 1.807) is 24.3 Å². The molecule has 0 atom stereocenters. The number of carbonyl (C=O) groups excluding carboxylic acids is 1. The summed E-state index contributed by atoms with van der Waals surface area (Å²) in [7, 11) is 1.49. The van der Waals surface area contributed by atoms with Gasteiger partial charge in [-0.3, -0.25) is 14.2 Å². The smallest absolute Gasteiger partial charge is 0.271 e. The molecule has 2 aromatic rings. The fourth-order valence-corrected chi connectivity index (χ4v) is 2.67. The van der Waals surface area contributed by atoms with E-state index in [2.05, 4.69) is 0 Å². The molecule has 1 aromatic heterocycles. The van der Waals surface area contributed by atoms with Gasteiger partial charge in [0.1, 0.15) is 11.6 Å². The predicted octanol–water partition coefficient (Wildman–Crippen LogP) is 2.41. The monoisotopic (exact) mass is 356 g/mol. The average molecular weight is 356 g/mol. The van der Waals surface area contributed by atoms with Crippen molar-refractivity contribution in [1.29, 1.82) is 5.26 Å². The van der Waals surface area contributed by atoms with Crippen molar-refractivity contribution in [1.82, 2.24) is 4.57 Å². The zero-order chi connectivity index (χ0) is 19.3. The zero-order valence-corrected chi connectivity index (χ0v) is 14.9. The Balaban J connectivity index is 2.41. The van der Waals surface area contributed by atoms with Crippen molar-refractivity contribution < 1.29 is 19.4 Å². The molecule has 1 N–H and O–H groups in total. The summed E-state index contributed by atoms with van der Waals surface area (Å²) in [5.74, 6) is -0.132. The highest BCUT2D eigenvalue weighted by atomic mass is 16.5. The first-order valence-corrected chi connectivity index (χ1v) is 8.11. The van der Waals surface area contributed by atoms with Crippen LogP contribution >= 0.6 is 0 Å². The Hall–Kier alpha value is -3.27. The zero-order valence-electron chi connectivity index (χ0n) is 14.9. The molecule has 0 aliphatic heterocycles. The summed E-state index contributed by atoms with van der Waals surface area (Å²) in [6.07, 6.45) is 0.562. The maximum absolute atomic E-state index is 12.6. The van der Waals surface area contributed by atoms with Crippen LogP contribution in [0.5, 0.6) is 17.4 Å². The highest BCUT2D eigenvalue weighted by Crippen LogP contribution is 2.27. The Labute approximate surface area is 151 Å². The van der Waals surface area contributed by atoms with Gasteiger partial charge in [-0.05, 0) is 31.0 Å². The molecule has 0 saturated heterocycles. The highest BCUT2D eigenvalue weighted by molar-refractivity contribution is 6.01. The molecular formula is C19H20N2O5. The van der Waals surface area contributed by atoms with E-state index in [9.17, 15) is 20.0 Å². The average Bonchev–Trinajstić information content (AvgIpc) is 2.64. The van der Waals surface area contributed by atoms with E-state index in [-0.39, 0.29) is 29.8 Å². The van der Waals surface area contributed by atoms with Gasteiger partial charge in [0.2, 0.25) is 11.7 Å². The second-order valence-corrected chi connectivity index (χ2v) is 5.63. The van der Waals surface area contributed by atoms with Crippen LogP contribution in [-0.4, -0.2) is 29.2 Å². The summed E-state index contributed by atoms with van der Waals surface area (Å²) in [5.41, 5.74) is -0.691. The van der Waals surface area contributed by atoms with Crippen LogP contribution in [0.4, 0.5) is 0 Å². The quantitative estimate of drug-likeness (QED) is 0.765. The van der Waals surface area contributed by atoms with E-state index in [1.807, 2.05) is 13.0 Å². The first kappa shape index (κ1) is 19.1. The van der Waals surface area contributed by atoms with Gasteiger partial charge in [0.05, 0.1) is 12.7 Å². The van der Waals surface area contributed by atoms with Crippen LogP contribution in [0.1, 0.15) is 34.8 Å². The Kier molecular flexibility index (Phi) is 6.02. The van der Waals surface area contributed by atoms with E-state index < -0.39 is 17.2 Å². The van der Waals surface area contributed by atoms with Crippen LogP contribution in [0.25, 0.3) is 0 Å². The van der Waals surface area contributed by atoms with Gasteiger partial charge in [-0.15, -0.1) is 0 Å². The van der Waals surface area contributed by atoms with Crippen LogP contribution in [0.2, 0.25) is 0 Å². The number of ketones is 1. The van der Waals surface area contributed by atoms with Crippen molar-refractivity contribution in [3.05, 3.63) is 51.3 Å². The second kappa shape index (κ2) is 8.21. The Morgan fingerprint density at radius 1 is 1.31 bits per heavy atom. The van der Waals surface area contributed by atoms with Crippen LogP contribution in [0.3, 0.4) is 0 Å². The number of Topliss-reactive ketones (excluding diaryl/α,β-unsaturated/α-hetero) is 1. The molecule has 0 aliphatic rings. The van der Waals surface area contributed by atoms with Crippen molar-refractivity contribution in [2.24, 2.45) is 0 Å². The molecule has 0 spiro atoms. The Morgan fingerprint density at radius 2 is 1.96 bits per heavy atom. The number of aromatic nitrogens is 1. The molecule has 0 unspecified atom stereocenters. The molecule has 1 aromatic carbocycles. The van der Waals surface area contributed by atoms with Gasteiger partial charge in [-0.25, -0.2) is 0 Å². The van der Waals surface area contributed by atoms with Gasteiger partial charge in [-0.1, -0.05) is 19.1 Å². The van der Waals surface area contributed by atoms with Crippen LogP contribution in [0.15, 0.2) is 29.1 Å². The van der Waals surface area contributed by atoms with Gasteiger partial charge in [-0.2, -0.15) is 5.26 Å². The predicted molar refractivity (Wildman–Crippen MR) is 94.9 cm³/mol. The fraction of sp³-hybridized carbons (Fsp3) is 0.316. The minimum Gasteiger partial charge on any atom is -0.494 e. The fourth-order valence-electron chi connectivity index (χ4n) is 2.67. The van der Waals surface area contributed by atoms with Gasteiger partial charge >= 0.3 is 0 Å². The lowest BCUT2D eigenvalue weighted by atomic mass is 10.0. The van der Waals surface area contributed by atoms with E-state index in [0.29, 0.717) is 17.9 Å². The minimum absolute atomic E-state index is 0.0792. The first-order valence-electron chi connectivity index (χ1n) is 8.11. The second-order valence-electron chi connectivity index (χ2n) is 5.63. The van der Waals surface area contributed by atoms with Crippen LogP contribution in [-0.2, 0) is 6.54 Å².